The third kappa shape index (κ3) is 2.59. The van der Waals surface area contributed by atoms with Gasteiger partial charge in [0.15, 0.2) is 11.6 Å². The van der Waals surface area contributed by atoms with Crippen molar-refractivity contribution < 1.29 is 4.79 Å². The van der Waals surface area contributed by atoms with E-state index in [4.69, 9.17) is 4.98 Å². The predicted molar refractivity (Wildman–Crippen MR) is 116 cm³/mol. The van der Waals surface area contributed by atoms with Crippen LogP contribution in [-0.2, 0) is 4.79 Å². The smallest absolute Gasteiger partial charge is 0.249 e. The van der Waals surface area contributed by atoms with E-state index in [1.54, 1.807) is 32.7 Å². The number of hydrogen-bond acceptors (Lipinski definition) is 6. The molecule has 2 fully saturated rings. The number of aromatic nitrogens is 6. The topological polar surface area (TPSA) is 105 Å². The van der Waals surface area contributed by atoms with E-state index in [0.717, 1.165) is 23.9 Å². The van der Waals surface area contributed by atoms with Crippen molar-refractivity contribution in [1.29, 1.82) is 5.26 Å². The Morgan fingerprint density at radius 2 is 2.03 bits per heavy atom. The number of nitrogens with zero attached hydrogens (tertiary/aromatic N) is 8. The average Bonchev–Trinajstić information content (AvgIpc) is 3.26. The molecule has 1 aliphatic carbocycles. The van der Waals surface area contributed by atoms with Crippen molar-refractivity contribution in [1.82, 2.24) is 29.4 Å². The number of amides is 1. The number of pyridine rings is 1. The van der Waals surface area contributed by atoms with E-state index >= 15 is 0 Å². The standard InChI is InChI=1S/C23H20N8O/c1-15-11-29(22(32)23(15,14-24)17-5-6-17)21-19-7-9-26-30(19)13-18(28-21)16-10-27-31(12-16)20-4-2-3-8-25-20/h2-4,7-10,12-13,15,17H,5-6,11H2,1H3/t15-,23+/m1/s1. The molecule has 1 amide bonds. The highest BCUT2D eigenvalue weighted by Gasteiger charge is 2.61. The maximum atomic E-state index is 13.6. The Bertz CT molecular complexity index is 1380. The molecule has 32 heavy (non-hydrogen) atoms. The lowest BCUT2D eigenvalue weighted by Gasteiger charge is -2.23. The Labute approximate surface area is 183 Å². The van der Waals surface area contributed by atoms with Crippen LogP contribution in [0, 0.1) is 28.6 Å². The first kappa shape index (κ1) is 18.7. The van der Waals surface area contributed by atoms with E-state index < -0.39 is 5.41 Å². The highest BCUT2D eigenvalue weighted by Crippen LogP contribution is 2.54. The first-order valence-electron chi connectivity index (χ1n) is 10.7. The van der Waals surface area contributed by atoms with Gasteiger partial charge in [-0.15, -0.1) is 0 Å². The molecule has 9 nitrogen and oxygen atoms in total. The molecule has 5 heterocycles. The summed E-state index contributed by atoms with van der Waals surface area (Å²) in [6.45, 7) is 2.46. The molecule has 0 aromatic carbocycles. The van der Waals surface area contributed by atoms with E-state index in [2.05, 4.69) is 21.3 Å². The lowest BCUT2D eigenvalue weighted by molar-refractivity contribution is -0.124. The van der Waals surface area contributed by atoms with Crippen LogP contribution in [0.15, 0.2) is 55.2 Å². The zero-order valence-corrected chi connectivity index (χ0v) is 17.5. The van der Waals surface area contributed by atoms with Crippen LogP contribution >= 0.6 is 0 Å². The lowest BCUT2D eigenvalue weighted by Crippen LogP contribution is -2.37. The van der Waals surface area contributed by atoms with E-state index in [0.29, 0.717) is 23.9 Å². The zero-order chi connectivity index (χ0) is 21.9. The van der Waals surface area contributed by atoms with Crippen LogP contribution in [0.4, 0.5) is 5.82 Å². The van der Waals surface area contributed by atoms with Crippen molar-refractivity contribution >= 4 is 17.2 Å². The van der Waals surface area contributed by atoms with Crippen molar-refractivity contribution in [3.05, 3.63) is 55.2 Å². The molecule has 1 saturated carbocycles. The maximum Gasteiger partial charge on any atom is 0.249 e. The summed E-state index contributed by atoms with van der Waals surface area (Å²) in [6.07, 6.45) is 10.6. The molecule has 4 aromatic heterocycles. The van der Waals surface area contributed by atoms with E-state index in [-0.39, 0.29) is 17.7 Å². The molecule has 0 unspecified atom stereocenters. The monoisotopic (exact) mass is 424 g/mol. The highest BCUT2D eigenvalue weighted by molar-refractivity contribution is 6.04. The maximum absolute atomic E-state index is 13.6. The summed E-state index contributed by atoms with van der Waals surface area (Å²) in [5, 5.41) is 18.8. The van der Waals surface area contributed by atoms with Gasteiger partial charge in [-0.25, -0.2) is 19.2 Å². The Morgan fingerprint density at radius 3 is 2.78 bits per heavy atom. The fourth-order valence-corrected chi connectivity index (χ4v) is 4.80. The van der Waals surface area contributed by atoms with Crippen LogP contribution in [0.25, 0.3) is 22.6 Å². The van der Waals surface area contributed by atoms with Gasteiger partial charge in [-0.05, 0) is 37.0 Å². The summed E-state index contributed by atoms with van der Waals surface area (Å²) in [5.74, 6) is 1.16. The van der Waals surface area contributed by atoms with Crippen LogP contribution in [-0.4, -0.2) is 41.8 Å². The van der Waals surface area contributed by atoms with E-state index in [1.165, 1.54) is 0 Å². The summed E-state index contributed by atoms with van der Waals surface area (Å²) in [6, 6.07) is 9.85. The lowest BCUT2D eigenvalue weighted by atomic mass is 9.75. The number of carbonyl (C=O) groups excluding carboxylic acids is 1. The first-order valence-corrected chi connectivity index (χ1v) is 10.7. The summed E-state index contributed by atoms with van der Waals surface area (Å²) in [4.78, 5) is 24.4. The second-order valence-electron chi connectivity index (χ2n) is 8.54. The number of nitriles is 1. The Morgan fingerprint density at radius 1 is 1.16 bits per heavy atom. The number of fused-ring (bicyclic) bond motifs is 1. The summed E-state index contributed by atoms with van der Waals surface area (Å²) in [7, 11) is 0. The van der Waals surface area contributed by atoms with Gasteiger partial charge in [0.05, 0.1) is 30.4 Å². The molecular formula is C23H20N8O. The minimum absolute atomic E-state index is 0.0622. The molecule has 6 rings (SSSR count). The van der Waals surface area contributed by atoms with Gasteiger partial charge in [0.2, 0.25) is 5.91 Å². The molecule has 4 aromatic rings. The second kappa shape index (κ2) is 6.72. The van der Waals surface area contributed by atoms with Crippen LogP contribution < -0.4 is 4.90 Å². The van der Waals surface area contributed by atoms with Gasteiger partial charge in [-0.2, -0.15) is 15.5 Å². The highest BCUT2D eigenvalue weighted by atomic mass is 16.2. The molecule has 1 saturated heterocycles. The largest absolute Gasteiger partial charge is 0.293 e. The number of anilines is 1. The van der Waals surface area contributed by atoms with Gasteiger partial charge < -0.3 is 0 Å². The van der Waals surface area contributed by atoms with Crippen LogP contribution in [0.3, 0.4) is 0 Å². The molecule has 0 N–H and O–H groups in total. The molecule has 9 heteroatoms. The summed E-state index contributed by atoms with van der Waals surface area (Å²) in [5.41, 5.74) is 1.19. The second-order valence-corrected chi connectivity index (χ2v) is 8.54. The zero-order valence-electron chi connectivity index (χ0n) is 17.5. The van der Waals surface area contributed by atoms with Gasteiger partial charge in [-0.3, -0.25) is 9.69 Å². The number of hydrogen-bond donors (Lipinski definition) is 0. The van der Waals surface area contributed by atoms with Crippen LogP contribution in [0.5, 0.6) is 0 Å². The molecular weight excluding hydrogens is 404 g/mol. The van der Waals surface area contributed by atoms with Crippen LogP contribution in [0.2, 0.25) is 0 Å². The van der Waals surface area contributed by atoms with Crippen molar-refractivity contribution in [3.8, 4) is 23.1 Å². The summed E-state index contributed by atoms with van der Waals surface area (Å²) < 4.78 is 3.40. The third-order valence-corrected chi connectivity index (χ3v) is 6.63. The van der Waals surface area contributed by atoms with Gasteiger partial charge in [0.25, 0.3) is 0 Å². The minimum Gasteiger partial charge on any atom is -0.293 e. The minimum atomic E-state index is -0.960. The number of rotatable bonds is 4. The Kier molecular flexibility index (Phi) is 3.92. The quantitative estimate of drug-likeness (QED) is 0.499. The SMILES string of the molecule is C[C@@H]1CN(c2nc(-c3cnn(-c4ccccn4)c3)cn3nccc23)C(=O)[C@]1(C#N)C1CC1. The van der Waals surface area contributed by atoms with Crippen LogP contribution in [0.1, 0.15) is 19.8 Å². The van der Waals surface area contributed by atoms with Crippen molar-refractivity contribution in [3.63, 3.8) is 0 Å². The molecule has 0 spiro atoms. The molecule has 158 valence electrons. The summed E-state index contributed by atoms with van der Waals surface area (Å²) >= 11 is 0. The van der Waals surface area contributed by atoms with Gasteiger partial charge >= 0.3 is 0 Å². The Balaban J connectivity index is 1.44. The normalized spacial score (nSPS) is 23.1. The van der Waals surface area contributed by atoms with E-state index in [1.807, 2.05) is 43.6 Å². The molecule has 0 radical (unpaired) electrons. The fraction of sp³-hybridized carbons (Fsp3) is 0.304. The van der Waals surface area contributed by atoms with Crippen molar-refractivity contribution in [2.24, 2.45) is 17.3 Å². The van der Waals surface area contributed by atoms with Gasteiger partial charge in [0, 0.05) is 30.4 Å². The van der Waals surface area contributed by atoms with Gasteiger partial charge in [-0.1, -0.05) is 13.0 Å². The third-order valence-electron chi connectivity index (χ3n) is 6.63. The Hall–Kier alpha value is -4.06. The van der Waals surface area contributed by atoms with Crippen molar-refractivity contribution in [2.45, 2.75) is 19.8 Å². The molecule has 1 aliphatic heterocycles. The van der Waals surface area contributed by atoms with E-state index in [9.17, 15) is 10.1 Å². The fourth-order valence-electron chi connectivity index (χ4n) is 4.80. The van der Waals surface area contributed by atoms with Crippen molar-refractivity contribution in [2.75, 3.05) is 11.4 Å². The molecule has 0 bridgehead atoms. The molecule has 2 aliphatic rings. The van der Waals surface area contributed by atoms with Gasteiger partial charge in [0.1, 0.15) is 10.9 Å². The average molecular weight is 424 g/mol. The molecule has 2 atom stereocenters. The predicted octanol–water partition coefficient (Wildman–Crippen LogP) is 2.88. The first-order chi connectivity index (χ1) is 15.6. The number of carbonyl (C=O) groups is 1.